The van der Waals surface area contributed by atoms with Gasteiger partial charge >= 0.3 is 6.11 Å². The van der Waals surface area contributed by atoms with Crippen molar-refractivity contribution in [2.45, 2.75) is 102 Å². The van der Waals surface area contributed by atoms with Crippen molar-refractivity contribution in [3.8, 4) is 0 Å². The van der Waals surface area contributed by atoms with Crippen molar-refractivity contribution in [1.29, 1.82) is 0 Å². The zero-order valence-corrected chi connectivity index (χ0v) is 20.9. The van der Waals surface area contributed by atoms with Gasteiger partial charge in [-0.3, -0.25) is 0 Å². The minimum Gasteiger partial charge on any atom is -0.313 e. The Balaban J connectivity index is 1.33. The topological polar surface area (TPSA) is 9.23 Å². The molecule has 4 rings (SSSR count). The predicted octanol–water partition coefficient (Wildman–Crippen LogP) is 9.62. The van der Waals surface area contributed by atoms with Gasteiger partial charge in [0.25, 0.3) is 0 Å². The Labute approximate surface area is 207 Å². The lowest BCUT2D eigenvalue weighted by molar-refractivity contribution is -0.282. The van der Waals surface area contributed by atoms with Crippen molar-refractivity contribution in [2.24, 2.45) is 11.8 Å². The Morgan fingerprint density at radius 2 is 1.51 bits per heavy atom. The van der Waals surface area contributed by atoms with Gasteiger partial charge in [0.05, 0.1) is 6.61 Å². The summed E-state index contributed by atoms with van der Waals surface area (Å²) in [6, 6.07) is 11.0. The van der Waals surface area contributed by atoms with Crippen LogP contribution in [0.1, 0.15) is 112 Å². The summed E-state index contributed by atoms with van der Waals surface area (Å²) in [6.07, 6.45) is 3.12. The van der Waals surface area contributed by atoms with Crippen LogP contribution >= 0.6 is 0 Å². The van der Waals surface area contributed by atoms with Gasteiger partial charge in [0.2, 0.25) is 6.17 Å². The normalized spacial score (nSPS) is 26.5. The number of hydrogen-bond donors (Lipinski definition) is 0. The molecular weight excluding hydrogens is 452 g/mol. The highest BCUT2D eigenvalue weighted by Crippen LogP contribution is 2.40. The lowest BCUT2D eigenvalue weighted by Gasteiger charge is -2.28. The van der Waals surface area contributed by atoms with Crippen LogP contribution in [0.5, 0.6) is 0 Å². The molecule has 0 amide bonds. The van der Waals surface area contributed by atoms with Crippen molar-refractivity contribution in [3.63, 3.8) is 0 Å². The molecule has 2 aliphatic carbocycles. The van der Waals surface area contributed by atoms with Gasteiger partial charge in [0.1, 0.15) is 5.82 Å². The van der Waals surface area contributed by atoms with Crippen molar-refractivity contribution in [1.82, 2.24) is 0 Å². The van der Waals surface area contributed by atoms with E-state index in [1.165, 1.54) is 18.2 Å². The minimum absolute atomic E-state index is 0.105. The summed E-state index contributed by atoms with van der Waals surface area (Å²) in [5, 5.41) is 0. The third-order valence-corrected chi connectivity index (χ3v) is 8.37. The molecular formula is C30H38F4O. The Morgan fingerprint density at radius 3 is 2.11 bits per heavy atom. The van der Waals surface area contributed by atoms with Gasteiger partial charge in [-0.15, -0.1) is 0 Å². The van der Waals surface area contributed by atoms with E-state index < -0.39 is 18.9 Å². The molecule has 2 fully saturated rings. The molecule has 0 aromatic heterocycles. The average molecular weight is 491 g/mol. The Bertz CT molecular complexity index is 941. The van der Waals surface area contributed by atoms with Crippen LogP contribution in [-0.4, -0.2) is 6.11 Å². The first kappa shape index (κ1) is 26.2. The van der Waals surface area contributed by atoms with Gasteiger partial charge in [-0.1, -0.05) is 69.5 Å². The molecule has 0 aliphatic heterocycles. The first-order chi connectivity index (χ1) is 16.8. The molecule has 5 heteroatoms. The highest BCUT2D eigenvalue weighted by atomic mass is 19.3. The fourth-order valence-electron chi connectivity index (χ4n) is 5.85. The molecule has 0 bridgehead atoms. The van der Waals surface area contributed by atoms with Gasteiger partial charge in [0, 0.05) is 0 Å². The van der Waals surface area contributed by atoms with E-state index in [9.17, 15) is 17.6 Å². The molecule has 0 saturated heterocycles. The average Bonchev–Trinajstić information content (AvgIpc) is 2.88. The summed E-state index contributed by atoms with van der Waals surface area (Å²) in [6.45, 7) is 3.88. The summed E-state index contributed by atoms with van der Waals surface area (Å²) in [4.78, 5) is 0. The first-order valence-electron chi connectivity index (χ1n) is 13.3. The second-order valence-electron chi connectivity index (χ2n) is 10.8. The van der Waals surface area contributed by atoms with Crippen LogP contribution in [0.2, 0.25) is 0 Å². The van der Waals surface area contributed by atoms with Crippen molar-refractivity contribution < 1.29 is 22.3 Å². The Kier molecular flexibility index (Phi) is 8.57. The maximum atomic E-state index is 14.8. The van der Waals surface area contributed by atoms with E-state index in [2.05, 4.69) is 18.6 Å². The molecule has 2 aliphatic rings. The lowest BCUT2D eigenvalue weighted by atomic mass is 9.77. The third kappa shape index (κ3) is 6.47. The van der Waals surface area contributed by atoms with Gasteiger partial charge in [-0.05, 0) is 90.5 Å². The van der Waals surface area contributed by atoms with E-state index in [1.807, 2.05) is 0 Å². The van der Waals surface area contributed by atoms with Crippen LogP contribution in [-0.2, 0) is 11.3 Å². The van der Waals surface area contributed by atoms with Gasteiger partial charge < -0.3 is 4.74 Å². The molecule has 0 spiro atoms. The standard InChI is InChI=1S/C30H38F4O/c1-3-21-6-11-25(12-7-21)27-17-8-22(18-28(27)31)19-35-30(33,34)29(32)26-15-13-24(14-16-26)23-9-4-20(2)5-10-23/h8,13-18,20-21,23,25,29H,3-7,9-12,19H2,1-2H3. The number of rotatable bonds is 8. The molecule has 192 valence electrons. The molecule has 0 heterocycles. The quantitative estimate of drug-likeness (QED) is 0.335. The van der Waals surface area contributed by atoms with Crippen LogP contribution in [0.3, 0.4) is 0 Å². The monoisotopic (exact) mass is 490 g/mol. The number of ether oxygens (including phenoxy) is 1. The highest BCUT2D eigenvalue weighted by Gasteiger charge is 2.43. The molecule has 2 aromatic carbocycles. The van der Waals surface area contributed by atoms with E-state index in [0.717, 1.165) is 69.3 Å². The van der Waals surface area contributed by atoms with E-state index in [4.69, 9.17) is 0 Å². The van der Waals surface area contributed by atoms with E-state index in [-0.39, 0.29) is 22.9 Å². The maximum absolute atomic E-state index is 14.8. The van der Waals surface area contributed by atoms with Crippen molar-refractivity contribution >= 4 is 0 Å². The van der Waals surface area contributed by atoms with Crippen molar-refractivity contribution in [2.75, 3.05) is 0 Å². The zero-order chi connectivity index (χ0) is 25.0. The van der Waals surface area contributed by atoms with E-state index >= 15 is 0 Å². The minimum atomic E-state index is -4.00. The largest absolute Gasteiger partial charge is 0.391 e. The van der Waals surface area contributed by atoms with Gasteiger partial charge in [-0.25, -0.2) is 8.78 Å². The second-order valence-corrected chi connectivity index (χ2v) is 10.8. The summed E-state index contributed by atoms with van der Waals surface area (Å²) >= 11 is 0. The van der Waals surface area contributed by atoms with Crippen LogP contribution in [0.15, 0.2) is 42.5 Å². The van der Waals surface area contributed by atoms with Crippen molar-refractivity contribution in [3.05, 3.63) is 70.5 Å². The van der Waals surface area contributed by atoms with E-state index in [0.29, 0.717) is 17.4 Å². The van der Waals surface area contributed by atoms with Crippen LogP contribution in [0, 0.1) is 17.7 Å². The molecule has 1 unspecified atom stereocenters. The third-order valence-electron chi connectivity index (χ3n) is 8.37. The number of halogens is 4. The molecule has 35 heavy (non-hydrogen) atoms. The zero-order valence-electron chi connectivity index (χ0n) is 20.9. The lowest BCUT2D eigenvalue weighted by Crippen LogP contribution is -2.27. The predicted molar refractivity (Wildman–Crippen MR) is 132 cm³/mol. The molecule has 1 nitrogen and oxygen atoms in total. The summed E-state index contributed by atoms with van der Waals surface area (Å²) in [7, 11) is 0. The number of hydrogen-bond acceptors (Lipinski definition) is 1. The highest BCUT2D eigenvalue weighted by molar-refractivity contribution is 5.29. The molecule has 0 radical (unpaired) electrons. The smallest absolute Gasteiger partial charge is 0.313 e. The SMILES string of the molecule is CCC1CCC(c2ccc(COC(F)(F)C(F)c3ccc(C4CCC(C)CC4)cc3)cc2F)CC1. The van der Waals surface area contributed by atoms with E-state index in [1.54, 1.807) is 24.3 Å². The number of benzene rings is 2. The fraction of sp³-hybridized carbons (Fsp3) is 0.600. The van der Waals surface area contributed by atoms with Gasteiger partial charge in [0.15, 0.2) is 0 Å². The fourth-order valence-corrected chi connectivity index (χ4v) is 5.85. The van der Waals surface area contributed by atoms with Crippen LogP contribution in [0.25, 0.3) is 0 Å². The molecule has 1 atom stereocenters. The molecule has 2 saturated carbocycles. The Morgan fingerprint density at radius 1 is 0.886 bits per heavy atom. The van der Waals surface area contributed by atoms with Gasteiger partial charge in [-0.2, -0.15) is 8.78 Å². The summed E-state index contributed by atoms with van der Waals surface area (Å²) < 4.78 is 63.2. The Hall–Kier alpha value is -1.88. The van der Waals surface area contributed by atoms with Crippen LogP contribution in [0.4, 0.5) is 17.6 Å². The number of alkyl halides is 3. The maximum Gasteiger partial charge on any atom is 0.391 e. The van der Waals surface area contributed by atoms with Crippen LogP contribution < -0.4 is 0 Å². The molecule has 0 N–H and O–H groups in total. The second kappa shape index (κ2) is 11.5. The summed E-state index contributed by atoms with van der Waals surface area (Å²) in [5.41, 5.74) is 1.90. The summed E-state index contributed by atoms with van der Waals surface area (Å²) in [5.74, 6) is 1.63. The molecule has 2 aromatic rings. The first-order valence-corrected chi connectivity index (χ1v) is 13.3.